The highest BCUT2D eigenvalue weighted by Crippen LogP contribution is 2.36. The number of carbonyl (C=O) groups is 1. The molecule has 136 valence electrons. The Kier molecular flexibility index (Phi) is 4.55. The van der Waals surface area contributed by atoms with E-state index in [2.05, 4.69) is 0 Å². The number of amides is 1. The van der Waals surface area contributed by atoms with Gasteiger partial charge in [-0.05, 0) is 39.8 Å². The monoisotopic (exact) mass is 351 g/mol. The number of ether oxygens (including phenoxy) is 2. The number of benzene rings is 1. The third-order valence-electron chi connectivity index (χ3n) is 5.03. The molecule has 25 heavy (non-hydrogen) atoms. The van der Waals surface area contributed by atoms with Crippen molar-refractivity contribution in [3.63, 3.8) is 0 Å². The van der Waals surface area contributed by atoms with Crippen LogP contribution in [0.4, 0.5) is 14.9 Å². The summed E-state index contributed by atoms with van der Waals surface area (Å²) in [6.07, 6.45) is -0.867. The van der Waals surface area contributed by atoms with Crippen molar-refractivity contribution in [2.75, 3.05) is 25.2 Å². The zero-order valence-electron chi connectivity index (χ0n) is 15.2. The van der Waals surface area contributed by atoms with Crippen molar-refractivity contribution in [1.29, 1.82) is 0 Å². The van der Waals surface area contributed by atoms with Gasteiger partial charge in [0.15, 0.2) is 0 Å². The number of nitrogens with zero attached hydrogens (tertiary/aromatic N) is 1. The Labute approximate surface area is 147 Å². The molecule has 0 saturated carbocycles. The first-order valence-corrected chi connectivity index (χ1v) is 8.27. The zero-order chi connectivity index (χ0) is 18.4. The number of rotatable bonds is 4. The van der Waals surface area contributed by atoms with E-state index in [9.17, 15) is 9.18 Å². The molecule has 0 aliphatic carbocycles. The van der Waals surface area contributed by atoms with Crippen LogP contribution in [0.2, 0.25) is 0 Å². The first-order valence-electron chi connectivity index (χ1n) is 8.27. The van der Waals surface area contributed by atoms with Gasteiger partial charge in [0, 0.05) is 12.6 Å². The minimum atomic E-state index is -0.786. The Bertz CT molecular complexity index is 665. The predicted octanol–water partition coefficient (Wildman–Crippen LogP) is 2.10. The van der Waals surface area contributed by atoms with Gasteiger partial charge in [0.05, 0.1) is 30.0 Å². The molecular weight excluding hydrogens is 328 g/mol. The van der Waals surface area contributed by atoms with Gasteiger partial charge in [0.1, 0.15) is 11.9 Å². The molecule has 8 heteroatoms. The van der Waals surface area contributed by atoms with Crippen molar-refractivity contribution in [3.8, 4) is 0 Å². The number of anilines is 1. The average molecular weight is 351 g/mol. The number of cyclic esters (lactones) is 1. The second-order valence-electron chi connectivity index (χ2n) is 7.37. The van der Waals surface area contributed by atoms with E-state index in [-0.39, 0.29) is 6.10 Å². The maximum absolute atomic E-state index is 14.7. The predicted molar refractivity (Wildman–Crippen MR) is 91.6 cm³/mol. The van der Waals surface area contributed by atoms with Crippen LogP contribution in [0.25, 0.3) is 0 Å². The van der Waals surface area contributed by atoms with Gasteiger partial charge in [0.2, 0.25) is 0 Å². The summed E-state index contributed by atoms with van der Waals surface area (Å²) in [5.41, 5.74) is -0.353. The Balaban J connectivity index is 1.80. The lowest BCUT2D eigenvalue weighted by molar-refractivity contribution is 0.00578. The van der Waals surface area contributed by atoms with E-state index in [4.69, 9.17) is 18.8 Å². The zero-order valence-corrected chi connectivity index (χ0v) is 15.2. The van der Waals surface area contributed by atoms with Crippen molar-refractivity contribution >= 4 is 24.4 Å². The third kappa shape index (κ3) is 3.26. The second-order valence-corrected chi connectivity index (χ2v) is 7.37. The summed E-state index contributed by atoms with van der Waals surface area (Å²) >= 11 is 0. The molecule has 2 aliphatic rings. The molecule has 1 aromatic carbocycles. The normalized spacial score (nSPS) is 24.7. The Morgan fingerprint density at radius 2 is 1.92 bits per heavy atom. The molecule has 1 amide bonds. The summed E-state index contributed by atoms with van der Waals surface area (Å²) in [4.78, 5) is 13.3. The second kappa shape index (κ2) is 6.27. The van der Waals surface area contributed by atoms with Crippen LogP contribution in [0.3, 0.4) is 0 Å². The van der Waals surface area contributed by atoms with E-state index in [1.807, 2.05) is 27.7 Å². The molecule has 1 atom stereocenters. The summed E-state index contributed by atoms with van der Waals surface area (Å²) in [5.74, 6) is -0.487. The fourth-order valence-corrected chi connectivity index (χ4v) is 2.85. The van der Waals surface area contributed by atoms with Crippen LogP contribution in [0.1, 0.15) is 27.7 Å². The summed E-state index contributed by atoms with van der Waals surface area (Å²) < 4.78 is 36.6. The van der Waals surface area contributed by atoms with Crippen LogP contribution in [0.5, 0.6) is 0 Å². The summed E-state index contributed by atoms with van der Waals surface area (Å²) in [6.45, 7) is 8.27. The average Bonchev–Trinajstić information content (AvgIpc) is 2.96. The van der Waals surface area contributed by atoms with Crippen molar-refractivity contribution in [2.24, 2.45) is 0 Å². The van der Waals surface area contributed by atoms with E-state index in [0.717, 1.165) is 0 Å². The van der Waals surface area contributed by atoms with Crippen LogP contribution < -0.4 is 10.4 Å². The van der Waals surface area contributed by atoms with Crippen molar-refractivity contribution in [2.45, 2.75) is 45.0 Å². The minimum absolute atomic E-state index is 0.302. The highest BCUT2D eigenvalue weighted by Gasteiger charge is 2.52. The van der Waals surface area contributed by atoms with Gasteiger partial charge in [-0.25, -0.2) is 9.18 Å². The Hall–Kier alpha value is -1.64. The molecule has 0 bridgehead atoms. The van der Waals surface area contributed by atoms with Crippen LogP contribution in [-0.4, -0.2) is 50.8 Å². The fourth-order valence-electron chi connectivity index (χ4n) is 2.85. The van der Waals surface area contributed by atoms with Gasteiger partial charge in [-0.15, -0.1) is 0 Å². The van der Waals surface area contributed by atoms with Crippen LogP contribution in [0.15, 0.2) is 18.2 Å². The van der Waals surface area contributed by atoms with Gasteiger partial charge in [0.25, 0.3) is 0 Å². The topological polar surface area (TPSA) is 57.2 Å². The quantitative estimate of drug-likeness (QED) is 0.778. The molecule has 2 saturated heterocycles. The summed E-state index contributed by atoms with van der Waals surface area (Å²) in [5, 5.41) is 0. The van der Waals surface area contributed by atoms with E-state index in [1.165, 1.54) is 18.1 Å². The van der Waals surface area contributed by atoms with Crippen molar-refractivity contribution < 1.29 is 28.0 Å². The van der Waals surface area contributed by atoms with Gasteiger partial charge >= 0.3 is 13.2 Å². The molecular formula is C17H23BFNO5. The number of hydrogen-bond donors (Lipinski definition) is 0. The largest absolute Gasteiger partial charge is 0.497 e. The first-order chi connectivity index (χ1) is 11.6. The number of hydrogen-bond acceptors (Lipinski definition) is 5. The molecule has 0 N–H and O–H groups in total. The van der Waals surface area contributed by atoms with Gasteiger partial charge in [-0.3, -0.25) is 4.90 Å². The molecule has 2 fully saturated rings. The molecule has 1 aromatic rings. The molecule has 0 spiro atoms. The van der Waals surface area contributed by atoms with E-state index >= 15 is 0 Å². The van der Waals surface area contributed by atoms with Crippen LogP contribution in [-0.2, 0) is 18.8 Å². The van der Waals surface area contributed by atoms with Crippen molar-refractivity contribution in [1.82, 2.24) is 0 Å². The molecule has 6 nitrogen and oxygen atoms in total. The molecule has 0 unspecified atom stereocenters. The lowest BCUT2D eigenvalue weighted by Crippen LogP contribution is -2.41. The molecule has 0 radical (unpaired) electrons. The molecule has 2 aliphatic heterocycles. The standard InChI is InChI=1S/C17H23BFNO5/c1-16(2)17(3,4)25-18(24-16)13-7-6-11(8-14(13)19)20-9-12(10-22-5)23-15(20)21/h6-8,12H,9-10H2,1-5H3/t12-/m1/s1. The Morgan fingerprint density at radius 1 is 1.28 bits per heavy atom. The van der Waals surface area contributed by atoms with Gasteiger partial charge in [-0.2, -0.15) is 0 Å². The highest BCUT2D eigenvalue weighted by atomic mass is 19.1. The third-order valence-corrected chi connectivity index (χ3v) is 5.03. The van der Waals surface area contributed by atoms with E-state index < -0.39 is 30.2 Å². The molecule has 3 rings (SSSR count). The Morgan fingerprint density at radius 3 is 2.48 bits per heavy atom. The smallest absolute Gasteiger partial charge is 0.441 e. The first kappa shape index (κ1) is 18.2. The lowest BCUT2D eigenvalue weighted by Gasteiger charge is -2.32. The van der Waals surface area contributed by atoms with Gasteiger partial charge in [-0.1, -0.05) is 6.07 Å². The van der Waals surface area contributed by atoms with Crippen LogP contribution >= 0.6 is 0 Å². The minimum Gasteiger partial charge on any atom is -0.441 e. The van der Waals surface area contributed by atoms with Crippen molar-refractivity contribution in [3.05, 3.63) is 24.0 Å². The van der Waals surface area contributed by atoms with E-state index in [0.29, 0.717) is 24.3 Å². The molecule has 0 aromatic heterocycles. The fraction of sp³-hybridized carbons (Fsp3) is 0.588. The molecule has 2 heterocycles. The SMILES string of the molecule is COC[C@H]1CN(c2ccc(B3OC(C)(C)C(C)(C)O3)c(F)c2)C(=O)O1. The van der Waals surface area contributed by atoms with E-state index in [1.54, 1.807) is 12.1 Å². The number of halogens is 1. The highest BCUT2D eigenvalue weighted by molar-refractivity contribution is 6.62. The maximum atomic E-state index is 14.7. The summed E-state index contributed by atoms with van der Waals surface area (Å²) in [7, 11) is 0.751. The summed E-state index contributed by atoms with van der Waals surface area (Å²) in [6, 6.07) is 4.56. The maximum Gasteiger partial charge on any atom is 0.497 e. The van der Waals surface area contributed by atoms with Crippen LogP contribution in [0, 0.1) is 5.82 Å². The lowest BCUT2D eigenvalue weighted by atomic mass is 9.78. The number of methoxy groups -OCH3 is 1. The number of carbonyl (C=O) groups excluding carboxylic acids is 1. The van der Waals surface area contributed by atoms with Gasteiger partial charge < -0.3 is 18.8 Å².